The molecule has 4 aromatic carbocycles. The third-order valence-electron chi connectivity index (χ3n) is 10.8. The first kappa shape index (κ1) is 32.1. The number of esters is 1. The van der Waals surface area contributed by atoms with Crippen LogP contribution in [-0.2, 0) is 27.3 Å². The highest BCUT2D eigenvalue weighted by atomic mass is 16.7. The standard InChI is InChI=1S/C37H37NO11/c39-17-27-31(30-24-15-20-4-2-1-3-19(20)14-21(24)7-11-26(30)38-27)48-35(44)32-33-36(45)22(8-12-29(41)37(36,46)49-32)16-28(47-33)25(34(42)43)13-18-5-9-23(40)10-6-18/h1-7,9-11,14-15,22,25,28-29,32-34,38-43,45-46H,8,12-13,16-17H2. The second kappa shape index (κ2) is 11.8. The molecule has 2 aliphatic heterocycles. The number of rotatable bonds is 7. The number of H-pyrrole nitrogens is 1. The van der Waals surface area contributed by atoms with E-state index < -0.39 is 66.5 Å². The van der Waals surface area contributed by atoms with E-state index in [0.717, 1.165) is 21.5 Å². The largest absolute Gasteiger partial charge is 0.508 e. The van der Waals surface area contributed by atoms with Crippen LogP contribution < -0.4 is 4.74 Å². The Morgan fingerprint density at radius 3 is 2.43 bits per heavy atom. The minimum Gasteiger partial charge on any atom is -0.508 e. The van der Waals surface area contributed by atoms with Gasteiger partial charge < -0.3 is 54.9 Å². The van der Waals surface area contributed by atoms with Gasteiger partial charge in [-0.25, -0.2) is 4.79 Å². The third-order valence-corrected chi connectivity index (χ3v) is 10.8. The van der Waals surface area contributed by atoms with Crippen molar-refractivity contribution < 1.29 is 54.8 Å². The van der Waals surface area contributed by atoms with Crippen molar-refractivity contribution in [2.45, 2.75) is 74.4 Å². The van der Waals surface area contributed by atoms with Crippen LogP contribution in [0.1, 0.15) is 30.5 Å². The number of fused-ring (bicyclic) bond motifs is 4. The van der Waals surface area contributed by atoms with Gasteiger partial charge in [0.15, 0.2) is 23.7 Å². The Hall–Kier alpha value is -4.11. The van der Waals surface area contributed by atoms with E-state index in [1.165, 1.54) is 12.1 Å². The average Bonchev–Trinajstić information content (AvgIpc) is 3.57. The van der Waals surface area contributed by atoms with Crippen LogP contribution in [-0.4, -0.2) is 88.8 Å². The fourth-order valence-electron chi connectivity index (χ4n) is 8.32. The zero-order valence-electron chi connectivity index (χ0n) is 26.3. The summed E-state index contributed by atoms with van der Waals surface area (Å²) in [5.41, 5.74) is -0.730. The Bertz CT molecular complexity index is 2060. The second-order valence-electron chi connectivity index (χ2n) is 13.5. The maximum Gasteiger partial charge on any atom is 0.343 e. The Morgan fingerprint density at radius 1 is 0.980 bits per heavy atom. The molecule has 12 nitrogen and oxygen atoms in total. The fourth-order valence-corrected chi connectivity index (χ4v) is 8.32. The molecule has 8 rings (SSSR count). The van der Waals surface area contributed by atoms with Crippen molar-refractivity contribution in [2.75, 3.05) is 0 Å². The maximum atomic E-state index is 14.2. The molecule has 8 atom stereocenters. The Morgan fingerprint density at radius 2 is 1.71 bits per heavy atom. The lowest BCUT2D eigenvalue weighted by Gasteiger charge is -2.54. The number of hydrogen-bond donors (Lipinski definition) is 8. The fraction of sp³-hybridized carbons (Fsp3) is 0.378. The van der Waals surface area contributed by atoms with E-state index in [0.29, 0.717) is 16.5 Å². The van der Waals surface area contributed by atoms with E-state index >= 15 is 0 Å². The number of carbonyl (C=O) groups is 1. The van der Waals surface area contributed by atoms with Crippen molar-refractivity contribution in [3.63, 3.8) is 0 Å². The van der Waals surface area contributed by atoms with Crippen molar-refractivity contribution in [3.8, 4) is 11.5 Å². The van der Waals surface area contributed by atoms with Gasteiger partial charge >= 0.3 is 5.97 Å². The van der Waals surface area contributed by atoms with Gasteiger partial charge in [-0.2, -0.15) is 0 Å². The maximum absolute atomic E-state index is 14.2. The van der Waals surface area contributed by atoms with Crippen molar-refractivity contribution in [1.82, 2.24) is 4.98 Å². The minimum absolute atomic E-state index is 0.0428. The molecule has 0 spiro atoms. The molecular formula is C37H37NO11. The van der Waals surface area contributed by atoms with Crippen molar-refractivity contribution in [3.05, 3.63) is 84.1 Å². The number of phenols is 1. The first-order chi connectivity index (χ1) is 23.5. The van der Waals surface area contributed by atoms with Crippen LogP contribution in [0, 0.1) is 11.8 Å². The molecular weight excluding hydrogens is 634 g/mol. The number of hydrogen-bond acceptors (Lipinski definition) is 11. The highest BCUT2D eigenvalue weighted by molar-refractivity contribution is 6.14. The first-order valence-electron chi connectivity index (χ1n) is 16.4. The molecule has 256 valence electrons. The van der Waals surface area contributed by atoms with Gasteiger partial charge in [0.1, 0.15) is 18.0 Å². The summed E-state index contributed by atoms with van der Waals surface area (Å²) in [5, 5.41) is 79.9. The van der Waals surface area contributed by atoms with Crippen LogP contribution >= 0.6 is 0 Å². The summed E-state index contributed by atoms with van der Waals surface area (Å²) in [5.74, 6) is -5.20. The van der Waals surface area contributed by atoms with Crippen LogP contribution in [0.4, 0.5) is 0 Å². The number of carbonyl (C=O) groups excluding carboxylic acids is 1. The number of aliphatic hydroxyl groups is 6. The van der Waals surface area contributed by atoms with Crippen molar-refractivity contribution in [2.24, 2.45) is 11.8 Å². The summed E-state index contributed by atoms with van der Waals surface area (Å²) in [6.45, 7) is -0.498. The number of aromatic hydroxyl groups is 1. The molecule has 1 saturated carbocycles. The summed E-state index contributed by atoms with van der Waals surface area (Å²) >= 11 is 0. The Labute approximate surface area is 279 Å². The smallest absolute Gasteiger partial charge is 0.343 e. The van der Waals surface area contributed by atoms with E-state index in [1.807, 2.05) is 48.5 Å². The van der Waals surface area contributed by atoms with Gasteiger partial charge in [-0.05, 0) is 89.0 Å². The van der Waals surface area contributed by atoms with E-state index in [1.54, 1.807) is 12.1 Å². The molecule has 5 aromatic rings. The van der Waals surface area contributed by atoms with Gasteiger partial charge in [-0.1, -0.05) is 42.5 Å². The summed E-state index contributed by atoms with van der Waals surface area (Å²) in [4.78, 5) is 17.3. The molecule has 1 aromatic heterocycles. The molecule has 1 aliphatic carbocycles. The molecule has 12 heteroatoms. The molecule has 8 N–H and O–H groups in total. The van der Waals surface area contributed by atoms with Crippen molar-refractivity contribution >= 4 is 38.4 Å². The summed E-state index contributed by atoms with van der Waals surface area (Å²) in [6, 6.07) is 21.8. The zero-order valence-corrected chi connectivity index (χ0v) is 26.3. The lowest BCUT2D eigenvalue weighted by atomic mass is 9.63. The highest BCUT2D eigenvalue weighted by Gasteiger charge is 2.76. The van der Waals surface area contributed by atoms with Gasteiger partial charge in [-0.15, -0.1) is 0 Å². The highest BCUT2D eigenvalue weighted by Crippen LogP contribution is 2.57. The van der Waals surface area contributed by atoms with E-state index in [-0.39, 0.29) is 42.9 Å². The topological polar surface area (TPSA) is 202 Å². The average molecular weight is 672 g/mol. The molecule has 0 bridgehead atoms. The third kappa shape index (κ3) is 4.94. The first-order valence-corrected chi connectivity index (χ1v) is 16.4. The quantitative estimate of drug-likeness (QED) is 0.0718. The van der Waals surface area contributed by atoms with Crippen LogP contribution in [0.15, 0.2) is 72.8 Å². The molecule has 0 radical (unpaired) electrons. The molecule has 2 saturated heterocycles. The monoisotopic (exact) mass is 671 g/mol. The predicted molar refractivity (Wildman–Crippen MR) is 175 cm³/mol. The number of aromatic amines is 1. The SMILES string of the molecule is O=C(Oc1c(CO)[nH]c2ccc3cc4ccccc4cc3c12)C1OC2(O)C(O)CCC3CC(C(Cc4ccc(O)cc4)C(O)O)OC1C32O. The number of nitrogens with one attached hydrogen (secondary N) is 1. The number of benzene rings is 4. The molecule has 3 fully saturated rings. The van der Waals surface area contributed by atoms with E-state index in [2.05, 4.69) is 4.98 Å². The molecule has 3 heterocycles. The van der Waals surface area contributed by atoms with E-state index in [9.17, 15) is 40.5 Å². The van der Waals surface area contributed by atoms with Gasteiger partial charge in [0.25, 0.3) is 0 Å². The van der Waals surface area contributed by atoms with Crippen LogP contribution in [0.3, 0.4) is 0 Å². The minimum atomic E-state index is -2.58. The number of phenolic OH excluding ortho intramolecular Hbond substituents is 1. The molecule has 8 unspecified atom stereocenters. The Balaban J connectivity index is 1.17. The summed E-state index contributed by atoms with van der Waals surface area (Å²) in [7, 11) is 0. The molecule has 0 amide bonds. The van der Waals surface area contributed by atoms with Gasteiger partial charge in [0.2, 0.25) is 5.79 Å². The van der Waals surface area contributed by atoms with E-state index in [4.69, 9.17) is 14.2 Å². The number of ether oxygens (including phenoxy) is 3. The van der Waals surface area contributed by atoms with Crippen LogP contribution in [0.2, 0.25) is 0 Å². The Kier molecular flexibility index (Phi) is 7.70. The lowest BCUT2D eigenvalue weighted by molar-refractivity contribution is -0.351. The summed E-state index contributed by atoms with van der Waals surface area (Å²) in [6.07, 6.45) is -7.14. The normalized spacial score (nSPS) is 30.2. The second-order valence-corrected chi connectivity index (χ2v) is 13.5. The zero-order chi connectivity index (χ0) is 34.2. The molecule has 3 aliphatic rings. The van der Waals surface area contributed by atoms with Crippen molar-refractivity contribution in [1.29, 1.82) is 0 Å². The van der Waals surface area contributed by atoms with Gasteiger partial charge in [0.05, 0.1) is 29.3 Å². The van der Waals surface area contributed by atoms with Crippen LogP contribution in [0.5, 0.6) is 11.5 Å². The lowest BCUT2D eigenvalue weighted by Crippen LogP contribution is -2.72. The number of aromatic nitrogens is 1. The predicted octanol–water partition coefficient (Wildman–Crippen LogP) is 2.49. The number of aliphatic hydroxyl groups excluding tert-OH is 3. The molecule has 49 heavy (non-hydrogen) atoms. The van der Waals surface area contributed by atoms with Gasteiger partial charge in [-0.3, -0.25) is 0 Å². The summed E-state index contributed by atoms with van der Waals surface area (Å²) < 4.78 is 18.2. The van der Waals surface area contributed by atoms with Gasteiger partial charge in [0, 0.05) is 5.92 Å². The van der Waals surface area contributed by atoms with Crippen LogP contribution in [0.25, 0.3) is 32.4 Å².